The second-order valence-corrected chi connectivity index (χ2v) is 5.28. The van der Waals surface area contributed by atoms with Gasteiger partial charge in [0.2, 0.25) is 0 Å². The molecule has 0 unspecified atom stereocenters. The van der Waals surface area contributed by atoms with Crippen molar-refractivity contribution in [3.63, 3.8) is 0 Å². The van der Waals surface area contributed by atoms with E-state index in [1.807, 2.05) is 13.0 Å². The highest BCUT2D eigenvalue weighted by atomic mass is 16.5. The van der Waals surface area contributed by atoms with Crippen molar-refractivity contribution in [2.24, 2.45) is 0 Å². The predicted molar refractivity (Wildman–Crippen MR) is 76.4 cm³/mol. The second-order valence-electron chi connectivity index (χ2n) is 5.28. The van der Waals surface area contributed by atoms with Gasteiger partial charge in [-0.25, -0.2) is 0 Å². The highest BCUT2D eigenvalue weighted by Gasteiger charge is 2.16. The van der Waals surface area contributed by atoms with E-state index in [2.05, 4.69) is 11.4 Å². The van der Waals surface area contributed by atoms with E-state index in [1.54, 1.807) is 12.1 Å². The van der Waals surface area contributed by atoms with Crippen molar-refractivity contribution in [2.75, 3.05) is 6.61 Å². The van der Waals surface area contributed by atoms with E-state index in [0.717, 1.165) is 18.4 Å². The molecule has 0 bridgehead atoms. The fourth-order valence-corrected chi connectivity index (χ4v) is 2.48. The molecule has 1 aromatic rings. The van der Waals surface area contributed by atoms with Crippen LogP contribution in [0.5, 0.6) is 5.75 Å². The molecule has 0 aromatic heterocycles. The number of nitriles is 1. The Hall–Kier alpha value is -2.02. The summed E-state index contributed by atoms with van der Waals surface area (Å²) in [4.78, 5) is 11.8. The summed E-state index contributed by atoms with van der Waals surface area (Å²) < 4.78 is 5.52. The molecule has 2 rings (SSSR count). The van der Waals surface area contributed by atoms with E-state index in [0.29, 0.717) is 17.4 Å². The number of nitrogens with zero attached hydrogens (tertiary/aromatic N) is 1. The first-order chi connectivity index (χ1) is 9.69. The average Bonchev–Trinajstić information content (AvgIpc) is 2.47. The number of amides is 1. The number of rotatable bonds is 4. The van der Waals surface area contributed by atoms with Gasteiger partial charge in [-0.15, -0.1) is 0 Å². The van der Waals surface area contributed by atoms with Crippen LogP contribution in [-0.2, 0) is 4.79 Å². The summed E-state index contributed by atoms with van der Waals surface area (Å²) in [6.07, 6.45) is 5.77. The number of nitrogens with one attached hydrogen (secondary N) is 1. The van der Waals surface area contributed by atoms with Gasteiger partial charge in [0, 0.05) is 6.04 Å². The first-order valence-corrected chi connectivity index (χ1v) is 7.12. The van der Waals surface area contributed by atoms with E-state index >= 15 is 0 Å². The lowest BCUT2D eigenvalue weighted by Gasteiger charge is -2.22. The van der Waals surface area contributed by atoms with Gasteiger partial charge in [-0.1, -0.05) is 25.3 Å². The number of hydrogen-bond acceptors (Lipinski definition) is 3. The summed E-state index contributed by atoms with van der Waals surface area (Å²) in [5.41, 5.74) is 1.47. The van der Waals surface area contributed by atoms with Crippen LogP contribution in [0.15, 0.2) is 18.2 Å². The molecule has 0 radical (unpaired) electrons. The van der Waals surface area contributed by atoms with Crippen LogP contribution < -0.4 is 10.1 Å². The topological polar surface area (TPSA) is 62.1 Å². The van der Waals surface area contributed by atoms with Gasteiger partial charge >= 0.3 is 0 Å². The Balaban J connectivity index is 1.85. The predicted octanol–water partition coefficient (Wildman–Crippen LogP) is 2.69. The molecule has 0 saturated heterocycles. The summed E-state index contributed by atoms with van der Waals surface area (Å²) in [7, 11) is 0. The van der Waals surface area contributed by atoms with Crippen LogP contribution in [0.25, 0.3) is 0 Å². The molecule has 20 heavy (non-hydrogen) atoms. The standard InChI is InChI=1S/C16H20N2O2/c1-12-7-8-13(10-17)9-15(12)20-11-16(19)18-14-5-3-2-4-6-14/h7-9,14H,2-6,11H2,1H3,(H,18,19). The van der Waals surface area contributed by atoms with Crippen molar-refractivity contribution in [3.05, 3.63) is 29.3 Å². The maximum atomic E-state index is 11.8. The van der Waals surface area contributed by atoms with E-state index in [4.69, 9.17) is 10.00 Å². The van der Waals surface area contributed by atoms with Gasteiger partial charge in [-0.3, -0.25) is 4.79 Å². The minimum atomic E-state index is -0.0846. The number of aryl methyl sites for hydroxylation is 1. The largest absolute Gasteiger partial charge is 0.483 e. The Morgan fingerprint density at radius 3 is 2.85 bits per heavy atom. The third-order valence-corrected chi connectivity index (χ3v) is 3.65. The van der Waals surface area contributed by atoms with Crippen molar-refractivity contribution in [1.82, 2.24) is 5.32 Å². The maximum absolute atomic E-state index is 11.8. The fourth-order valence-electron chi connectivity index (χ4n) is 2.48. The Bertz CT molecular complexity index is 514. The van der Waals surface area contributed by atoms with Gasteiger partial charge < -0.3 is 10.1 Å². The molecule has 1 amide bonds. The molecule has 0 aliphatic heterocycles. The molecular weight excluding hydrogens is 252 g/mol. The van der Waals surface area contributed by atoms with Gasteiger partial charge in [-0.2, -0.15) is 5.26 Å². The quantitative estimate of drug-likeness (QED) is 0.916. The van der Waals surface area contributed by atoms with Gasteiger partial charge in [-0.05, 0) is 37.5 Å². The zero-order valence-electron chi connectivity index (χ0n) is 11.8. The summed E-state index contributed by atoms with van der Waals surface area (Å²) in [6, 6.07) is 7.60. The Morgan fingerprint density at radius 2 is 2.15 bits per heavy atom. The van der Waals surface area contributed by atoms with Crippen LogP contribution in [0.4, 0.5) is 0 Å². The minimum Gasteiger partial charge on any atom is -0.483 e. The van der Waals surface area contributed by atoms with Gasteiger partial charge in [0.25, 0.3) is 5.91 Å². The first kappa shape index (κ1) is 14.4. The molecule has 1 aliphatic rings. The van der Waals surface area contributed by atoms with Crippen LogP contribution in [0, 0.1) is 18.3 Å². The Morgan fingerprint density at radius 1 is 1.40 bits per heavy atom. The Kier molecular flexibility index (Phi) is 5.00. The molecule has 0 spiro atoms. The smallest absolute Gasteiger partial charge is 0.258 e. The maximum Gasteiger partial charge on any atom is 0.258 e. The summed E-state index contributed by atoms with van der Waals surface area (Å²) in [5, 5.41) is 11.9. The number of benzene rings is 1. The molecule has 1 aliphatic carbocycles. The van der Waals surface area contributed by atoms with E-state index in [9.17, 15) is 4.79 Å². The van der Waals surface area contributed by atoms with Gasteiger partial charge in [0.15, 0.2) is 6.61 Å². The van der Waals surface area contributed by atoms with E-state index in [-0.39, 0.29) is 12.5 Å². The molecular formula is C16H20N2O2. The van der Waals surface area contributed by atoms with Crippen molar-refractivity contribution < 1.29 is 9.53 Å². The number of carbonyl (C=O) groups is 1. The van der Waals surface area contributed by atoms with E-state index < -0.39 is 0 Å². The lowest BCUT2D eigenvalue weighted by molar-refractivity contribution is -0.124. The first-order valence-electron chi connectivity index (χ1n) is 7.12. The monoisotopic (exact) mass is 272 g/mol. The molecule has 1 saturated carbocycles. The fraction of sp³-hybridized carbons (Fsp3) is 0.500. The number of hydrogen-bond donors (Lipinski definition) is 1. The minimum absolute atomic E-state index is 0.00617. The molecule has 4 heteroatoms. The van der Waals surface area contributed by atoms with Crippen molar-refractivity contribution >= 4 is 5.91 Å². The lowest BCUT2D eigenvalue weighted by atomic mass is 9.95. The zero-order valence-corrected chi connectivity index (χ0v) is 11.8. The SMILES string of the molecule is Cc1ccc(C#N)cc1OCC(=O)NC1CCCCC1. The summed E-state index contributed by atoms with van der Waals surface area (Å²) in [5.74, 6) is 0.515. The lowest BCUT2D eigenvalue weighted by Crippen LogP contribution is -2.39. The van der Waals surface area contributed by atoms with Crippen molar-refractivity contribution in [1.29, 1.82) is 5.26 Å². The van der Waals surface area contributed by atoms with Crippen molar-refractivity contribution in [2.45, 2.75) is 45.1 Å². The Labute approximate surface area is 119 Å². The van der Waals surface area contributed by atoms with Gasteiger partial charge in [0.05, 0.1) is 11.6 Å². The summed E-state index contributed by atoms with van der Waals surface area (Å²) >= 11 is 0. The summed E-state index contributed by atoms with van der Waals surface area (Å²) in [6.45, 7) is 1.90. The highest BCUT2D eigenvalue weighted by molar-refractivity contribution is 5.77. The van der Waals surface area contributed by atoms with Crippen LogP contribution in [0.2, 0.25) is 0 Å². The molecule has 1 aromatic carbocycles. The highest BCUT2D eigenvalue weighted by Crippen LogP contribution is 2.19. The van der Waals surface area contributed by atoms with Crippen LogP contribution in [-0.4, -0.2) is 18.6 Å². The van der Waals surface area contributed by atoms with Crippen LogP contribution in [0.1, 0.15) is 43.2 Å². The van der Waals surface area contributed by atoms with Crippen LogP contribution >= 0.6 is 0 Å². The third-order valence-electron chi connectivity index (χ3n) is 3.65. The zero-order chi connectivity index (χ0) is 14.4. The number of ether oxygens (including phenoxy) is 1. The molecule has 0 heterocycles. The third kappa shape index (κ3) is 3.99. The van der Waals surface area contributed by atoms with Crippen molar-refractivity contribution in [3.8, 4) is 11.8 Å². The number of carbonyl (C=O) groups excluding carboxylic acids is 1. The second kappa shape index (κ2) is 6.95. The molecule has 1 N–H and O–H groups in total. The normalized spacial score (nSPS) is 15.4. The molecule has 4 nitrogen and oxygen atoms in total. The van der Waals surface area contributed by atoms with Crippen LogP contribution in [0.3, 0.4) is 0 Å². The van der Waals surface area contributed by atoms with Gasteiger partial charge in [0.1, 0.15) is 5.75 Å². The molecule has 0 atom stereocenters. The molecule has 1 fully saturated rings. The average molecular weight is 272 g/mol. The molecule has 106 valence electrons. The van der Waals surface area contributed by atoms with E-state index in [1.165, 1.54) is 19.3 Å².